The molecule has 0 saturated carbocycles. The van der Waals surface area contributed by atoms with Crippen LogP contribution >= 0.6 is 0 Å². The predicted octanol–water partition coefficient (Wildman–Crippen LogP) is 1.86. The van der Waals surface area contributed by atoms with Crippen LogP contribution in [0.5, 0.6) is 5.75 Å². The average molecular weight is 360 g/mol. The summed E-state index contributed by atoms with van der Waals surface area (Å²) < 4.78 is 10.8. The van der Waals surface area contributed by atoms with E-state index in [0.717, 1.165) is 17.5 Å². The second-order valence-corrected chi connectivity index (χ2v) is 6.67. The number of amides is 1. The summed E-state index contributed by atoms with van der Waals surface area (Å²) in [4.78, 5) is 18.6. The standard InChI is InChI=1S/C19H28N4O3/c1-5-19(3)11-17(24)23(18(21)22-19)12-15-10-14(13(2)20)6-7-16(15)26-9-8-25-4/h6-7,10H,2,5,8-9,11-12,20H2,1,3-4H3,(H2,21,22). The highest BCUT2D eigenvalue weighted by atomic mass is 16.5. The zero-order chi connectivity index (χ0) is 19.3. The SMILES string of the molecule is C=C(N)c1ccc(OCCOC)c(CN2C(=O)CC(C)(CC)N=C2N)c1. The molecule has 1 aromatic carbocycles. The number of carbonyl (C=O) groups is 1. The fraction of sp³-hybridized carbons (Fsp3) is 0.474. The molecule has 0 aliphatic carbocycles. The Kier molecular flexibility index (Phi) is 6.26. The molecule has 2 rings (SSSR count). The van der Waals surface area contributed by atoms with Gasteiger partial charge >= 0.3 is 0 Å². The summed E-state index contributed by atoms with van der Waals surface area (Å²) in [5.41, 5.74) is 13.5. The topological polar surface area (TPSA) is 103 Å². The van der Waals surface area contributed by atoms with Gasteiger partial charge in [-0.3, -0.25) is 9.69 Å². The number of guanidine groups is 1. The first-order chi connectivity index (χ1) is 12.3. The number of nitrogens with two attached hydrogens (primary N) is 2. The molecule has 7 heteroatoms. The minimum atomic E-state index is -0.442. The second kappa shape index (κ2) is 8.23. The third-order valence-electron chi connectivity index (χ3n) is 4.56. The van der Waals surface area contributed by atoms with E-state index >= 15 is 0 Å². The molecule has 0 spiro atoms. The largest absolute Gasteiger partial charge is 0.491 e. The smallest absolute Gasteiger partial charge is 0.232 e. The summed E-state index contributed by atoms with van der Waals surface area (Å²) in [5.74, 6) is 0.823. The van der Waals surface area contributed by atoms with Gasteiger partial charge in [0.2, 0.25) is 5.91 Å². The first-order valence-electron chi connectivity index (χ1n) is 8.64. The number of aliphatic imine (C=N–C) groups is 1. The van der Waals surface area contributed by atoms with Crippen LogP contribution in [0.1, 0.15) is 37.8 Å². The van der Waals surface area contributed by atoms with Crippen molar-refractivity contribution in [2.24, 2.45) is 16.5 Å². The Morgan fingerprint density at radius 1 is 1.42 bits per heavy atom. The van der Waals surface area contributed by atoms with Gasteiger partial charge in [-0.2, -0.15) is 0 Å². The lowest BCUT2D eigenvalue weighted by Gasteiger charge is -2.34. The number of methoxy groups -OCH3 is 1. The molecule has 142 valence electrons. The van der Waals surface area contributed by atoms with Crippen molar-refractivity contribution in [1.82, 2.24) is 4.90 Å². The number of ether oxygens (including phenoxy) is 2. The van der Waals surface area contributed by atoms with Crippen molar-refractivity contribution in [3.8, 4) is 5.75 Å². The summed E-state index contributed by atoms with van der Waals surface area (Å²) in [6.07, 6.45) is 1.08. The highest BCUT2D eigenvalue weighted by molar-refractivity contribution is 5.99. The molecule has 1 aliphatic heterocycles. The Morgan fingerprint density at radius 2 is 2.15 bits per heavy atom. The molecule has 1 aromatic rings. The number of benzene rings is 1. The quantitative estimate of drug-likeness (QED) is 0.689. The van der Waals surface area contributed by atoms with Crippen LogP contribution in [0.3, 0.4) is 0 Å². The molecule has 0 fully saturated rings. The summed E-state index contributed by atoms with van der Waals surface area (Å²) in [5, 5.41) is 0. The lowest BCUT2D eigenvalue weighted by Crippen LogP contribution is -2.50. The van der Waals surface area contributed by atoms with E-state index in [0.29, 0.717) is 31.1 Å². The summed E-state index contributed by atoms with van der Waals surface area (Å²) in [6, 6.07) is 5.51. The van der Waals surface area contributed by atoms with Crippen LogP contribution in [-0.4, -0.2) is 42.6 Å². The van der Waals surface area contributed by atoms with E-state index in [1.165, 1.54) is 4.90 Å². The Balaban J connectivity index is 2.31. The van der Waals surface area contributed by atoms with Crippen molar-refractivity contribution in [1.29, 1.82) is 0 Å². The van der Waals surface area contributed by atoms with Crippen molar-refractivity contribution in [3.63, 3.8) is 0 Å². The number of carbonyl (C=O) groups excluding carboxylic acids is 1. The molecular weight excluding hydrogens is 332 g/mol. The molecular formula is C19H28N4O3. The molecule has 4 N–H and O–H groups in total. The Labute approximate surface area is 154 Å². The Morgan fingerprint density at radius 3 is 2.73 bits per heavy atom. The third kappa shape index (κ3) is 4.54. The molecule has 7 nitrogen and oxygen atoms in total. The third-order valence-corrected chi connectivity index (χ3v) is 4.56. The number of rotatable bonds is 8. The van der Waals surface area contributed by atoms with Crippen LogP contribution in [0.2, 0.25) is 0 Å². The highest BCUT2D eigenvalue weighted by Gasteiger charge is 2.35. The van der Waals surface area contributed by atoms with Gasteiger partial charge in [0.25, 0.3) is 0 Å². The molecule has 1 atom stereocenters. The summed E-state index contributed by atoms with van der Waals surface area (Å²) in [7, 11) is 1.61. The van der Waals surface area contributed by atoms with Crippen LogP contribution in [0, 0.1) is 0 Å². The van der Waals surface area contributed by atoms with Crippen LogP contribution in [-0.2, 0) is 16.1 Å². The summed E-state index contributed by atoms with van der Waals surface area (Å²) in [6.45, 7) is 8.83. The predicted molar refractivity (Wildman–Crippen MR) is 103 cm³/mol. The van der Waals surface area contributed by atoms with Gasteiger partial charge in [0.05, 0.1) is 25.1 Å². The van der Waals surface area contributed by atoms with E-state index in [2.05, 4.69) is 11.6 Å². The van der Waals surface area contributed by atoms with Crippen molar-refractivity contribution in [2.45, 2.75) is 38.8 Å². The zero-order valence-electron chi connectivity index (χ0n) is 15.7. The van der Waals surface area contributed by atoms with Gasteiger partial charge in [-0.05, 0) is 37.1 Å². The molecule has 1 heterocycles. The highest BCUT2D eigenvalue weighted by Crippen LogP contribution is 2.29. The minimum absolute atomic E-state index is 0.0540. The minimum Gasteiger partial charge on any atom is -0.491 e. The molecule has 1 aliphatic rings. The maximum Gasteiger partial charge on any atom is 0.232 e. The van der Waals surface area contributed by atoms with Gasteiger partial charge in [-0.25, -0.2) is 4.99 Å². The van der Waals surface area contributed by atoms with Crippen molar-refractivity contribution in [3.05, 3.63) is 35.9 Å². The van der Waals surface area contributed by atoms with Crippen molar-refractivity contribution in [2.75, 3.05) is 20.3 Å². The van der Waals surface area contributed by atoms with Gasteiger partial charge in [0.15, 0.2) is 5.96 Å². The first-order valence-corrected chi connectivity index (χ1v) is 8.64. The fourth-order valence-corrected chi connectivity index (χ4v) is 2.75. The molecule has 0 aromatic heterocycles. The van der Waals surface area contributed by atoms with Crippen LogP contribution in [0.15, 0.2) is 29.8 Å². The van der Waals surface area contributed by atoms with Gasteiger partial charge < -0.3 is 20.9 Å². The van der Waals surface area contributed by atoms with E-state index in [4.69, 9.17) is 20.9 Å². The van der Waals surface area contributed by atoms with Gasteiger partial charge in [0, 0.05) is 18.4 Å². The average Bonchev–Trinajstić information content (AvgIpc) is 2.59. The van der Waals surface area contributed by atoms with Gasteiger partial charge in [-0.1, -0.05) is 13.5 Å². The maximum absolute atomic E-state index is 12.6. The van der Waals surface area contributed by atoms with Crippen LogP contribution < -0.4 is 16.2 Å². The molecule has 1 amide bonds. The second-order valence-electron chi connectivity index (χ2n) is 6.67. The molecule has 0 bridgehead atoms. The van der Waals surface area contributed by atoms with Gasteiger partial charge in [0.1, 0.15) is 12.4 Å². The maximum atomic E-state index is 12.6. The van der Waals surface area contributed by atoms with E-state index in [9.17, 15) is 4.79 Å². The fourth-order valence-electron chi connectivity index (χ4n) is 2.75. The molecule has 0 radical (unpaired) electrons. The van der Waals surface area contributed by atoms with Crippen molar-refractivity contribution >= 4 is 17.6 Å². The van der Waals surface area contributed by atoms with Crippen LogP contribution in [0.4, 0.5) is 0 Å². The monoisotopic (exact) mass is 360 g/mol. The Bertz CT molecular complexity index is 717. The van der Waals surface area contributed by atoms with E-state index < -0.39 is 5.54 Å². The number of nitrogens with zero attached hydrogens (tertiary/aromatic N) is 2. The van der Waals surface area contributed by atoms with E-state index in [1.807, 2.05) is 32.0 Å². The van der Waals surface area contributed by atoms with Crippen LogP contribution in [0.25, 0.3) is 5.70 Å². The number of hydrogen-bond acceptors (Lipinski definition) is 6. The lowest BCUT2D eigenvalue weighted by atomic mass is 9.93. The molecule has 0 saturated heterocycles. The zero-order valence-corrected chi connectivity index (χ0v) is 15.7. The van der Waals surface area contributed by atoms with E-state index in [1.54, 1.807) is 7.11 Å². The lowest BCUT2D eigenvalue weighted by molar-refractivity contribution is -0.129. The first kappa shape index (κ1) is 19.8. The number of hydrogen-bond donors (Lipinski definition) is 2. The molecule has 1 unspecified atom stereocenters. The van der Waals surface area contributed by atoms with Gasteiger partial charge in [-0.15, -0.1) is 0 Å². The van der Waals surface area contributed by atoms with E-state index in [-0.39, 0.29) is 18.4 Å². The normalized spacial score (nSPS) is 20.0. The Hall–Kier alpha value is -2.54. The molecule has 26 heavy (non-hydrogen) atoms. The van der Waals surface area contributed by atoms with Crippen molar-refractivity contribution < 1.29 is 14.3 Å². The summed E-state index contributed by atoms with van der Waals surface area (Å²) >= 11 is 0.